The Morgan fingerprint density at radius 3 is 3.04 bits per heavy atom. The van der Waals surface area contributed by atoms with Crippen molar-refractivity contribution in [3.63, 3.8) is 0 Å². The van der Waals surface area contributed by atoms with Crippen LogP contribution in [0, 0.1) is 5.41 Å². The number of fused-ring (bicyclic) bond motifs is 3. The molecule has 0 aliphatic heterocycles. The number of thiazole rings is 2. The summed E-state index contributed by atoms with van der Waals surface area (Å²) in [6.07, 6.45) is 4.96. The minimum Gasteiger partial charge on any atom is -0.486 e. The van der Waals surface area contributed by atoms with Crippen LogP contribution in [0.1, 0.15) is 10.7 Å². The Morgan fingerprint density at radius 1 is 1.46 bits per heavy atom. The second kappa shape index (κ2) is 7.17. The third-order valence-corrected chi connectivity index (χ3v) is 6.20. The molecule has 0 atom stereocenters. The Kier molecular flexibility index (Phi) is 4.69. The molecular formula is C17H17N7O2S2. The standard InChI is InChI=1S/C17H17N7O2S2/c1-23-13-10(14-15(23)22-12(28-14)5-9(19)3-4-18)6-21-24(16(13)25)7-11-17(26-2)27-8-20-11/h3-4,6,8,19H,5,7,18H2,1-2H3/b4-3-,19-9?. The normalized spacial score (nSPS) is 11.8. The van der Waals surface area contributed by atoms with Crippen molar-refractivity contribution < 1.29 is 4.74 Å². The van der Waals surface area contributed by atoms with Crippen molar-refractivity contribution in [1.82, 2.24) is 24.3 Å². The van der Waals surface area contributed by atoms with Crippen LogP contribution in [0.3, 0.4) is 0 Å². The molecule has 0 saturated heterocycles. The third kappa shape index (κ3) is 2.98. The van der Waals surface area contributed by atoms with Crippen LogP contribution in [0.4, 0.5) is 0 Å². The fourth-order valence-corrected chi connectivity index (χ4v) is 4.78. The van der Waals surface area contributed by atoms with Crippen LogP contribution in [-0.2, 0) is 20.0 Å². The Labute approximate surface area is 167 Å². The lowest BCUT2D eigenvalue weighted by molar-refractivity contribution is 0.417. The number of ether oxygens (including phenoxy) is 1. The van der Waals surface area contributed by atoms with Gasteiger partial charge in [0, 0.05) is 24.6 Å². The van der Waals surface area contributed by atoms with E-state index in [9.17, 15) is 4.79 Å². The van der Waals surface area contributed by atoms with Gasteiger partial charge in [-0.25, -0.2) is 14.6 Å². The molecule has 0 unspecified atom stereocenters. The summed E-state index contributed by atoms with van der Waals surface area (Å²) >= 11 is 2.84. The summed E-state index contributed by atoms with van der Waals surface area (Å²) in [5, 5.41) is 14.4. The zero-order valence-corrected chi connectivity index (χ0v) is 16.8. The van der Waals surface area contributed by atoms with E-state index in [-0.39, 0.29) is 12.1 Å². The van der Waals surface area contributed by atoms with Crippen molar-refractivity contribution in [2.75, 3.05) is 7.11 Å². The Hall–Kier alpha value is -3.05. The van der Waals surface area contributed by atoms with Gasteiger partial charge in [-0.2, -0.15) is 5.10 Å². The SMILES string of the molecule is COc1scnc1Cn1ncc2c3sc(CC(=N)/C=C\N)nc3n(C)c2c1=O. The first-order chi connectivity index (χ1) is 13.5. The highest BCUT2D eigenvalue weighted by Gasteiger charge is 2.19. The minimum atomic E-state index is -0.208. The molecule has 144 valence electrons. The van der Waals surface area contributed by atoms with Gasteiger partial charge in [0.15, 0.2) is 10.7 Å². The van der Waals surface area contributed by atoms with Gasteiger partial charge in [-0.15, -0.1) is 11.3 Å². The average molecular weight is 416 g/mol. The summed E-state index contributed by atoms with van der Waals surface area (Å²) in [7, 11) is 3.39. The number of nitrogens with zero attached hydrogens (tertiary/aromatic N) is 5. The molecule has 0 aliphatic carbocycles. The second-order valence-corrected chi connectivity index (χ2v) is 7.94. The van der Waals surface area contributed by atoms with Gasteiger partial charge in [0.1, 0.15) is 16.2 Å². The number of nitrogens with two attached hydrogens (primary N) is 1. The van der Waals surface area contributed by atoms with Gasteiger partial charge < -0.3 is 20.4 Å². The number of rotatable bonds is 6. The van der Waals surface area contributed by atoms with Gasteiger partial charge >= 0.3 is 0 Å². The first-order valence-electron chi connectivity index (χ1n) is 8.29. The molecule has 0 fully saturated rings. The molecule has 11 heteroatoms. The van der Waals surface area contributed by atoms with E-state index in [1.807, 2.05) is 7.05 Å². The fourth-order valence-electron chi connectivity index (χ4n) is 3.03. The number of nitrogens with one attached hydrogen (secondary N) is 1. The summed E-state index contributed by atoms with van der Waals surface area (Å²) in [6, 6.07) is 0. The van der Waals surface area contributed by atoms with Crippen LogP contribution in [0.15, 0.2) is 28.8 Å². The molecule has 28 heavy (non-hydrogen) atoms. The zero-order valence-electron chi connectivity index (χ0n) is 15.2. The summed E-state index contributed by atoms with van der Waals surface area (Å²) < 4.78 is 9.33. The van der Waals surface area contributed by atoms with Gasteiger partial charge in [-0.1, -0.05) is 11.3 Å². The molecule has 0 bridgehead atoms. The number of methoxy groups -OCH3 is 1. The van der Waals surface area contributed by atoms with Gasteiger partial charge in [0.05, 0.1) is 30.1 Å². The largest absolute Gasteiger partial charge is 0.486 e. The van der Waals surface area contributed by atoms with E-state index in [4.69, 9.17) is 15.9 Å². The van der Waals surface area contributed by atoms with Crippen LogP contribution in [0.5, 0.6) is 5.06 Å². The maximum absolute atomic E-state index is 13.0. The lowest BCUT2D eigenvalue weighted by Gasteiger charge is -2.05. The van der Waals surface area contributed by atoms with E-state index in [2.05, 4.69) is 15.1 Å². The molecule has 3 N–H and O–H groups in total. The number of hydrogen-bond donors (Lipinski definition) is 2. The van der Waals surface area contributed by atoms with E-state index < -0.39 is 0 Å². The molecular weight excluding hydrogens is 398 g/mol. The molecule has 4 aromatic rings. The Balaban J connectivity index is 1.78. The fraction of sp³-hybridized carbons (Fsp3) is 0.235. The molecule has 9 nitrogen and oxygen atoms in total. The lowest BCUT2D eigenvalue weighted by atomic mass is 10.3. The number of hydrogen-bond acceptors (Lipinski definition) is 9. The summed E-state index contributed by atoms with van der Waals surface area (Å²) in [4.78, 5) is 21.9. The van der Waals surface area contributed by atoms with Crippen LogP contribution in [0.2, 0.25) is 0 Å². The smallest absolute Gasteiger partial charge is 0.291 e. The van der Waals surface area contributed by atoms with Crippen molar-refractivity contribution in [1.29, 1.82) is 5.41 Å². The van der Waals surface area contributed by atoms with Crippen molar-refractivity contribution in [3.05, 3.63) is 45.0 Å². The topological polar surface area (TPSA) is 125 Å². The Bertz CT molecular complexity index is 1280. The maximum Gasteiger partial charge on any atom is 0.291 e. The average Bonchev–Trinajstić information content (AvgIpc) is 3.34. The van der Waals surface area contributed by atoms with E-state index >= 15 is 0 Å². The second-order valence-electron chi connectivity index (χ2n) is 6.04. The molecule has 4 heterocycles. The molecule has 0 aliphatic rings. The Morgan fingerprint density at radius 2 is 2.29 bits per heavy atom. The monoisotopic (exact) mass is 415 g/mol. The van der Waals surface area contributed by atoms with Crippen molar-refractivity contribution in [3.8, 4) is 5.06 Å². The summed E-state index contributed by atoms with van der Waals surface area (Å²) in [5.74, 6) is 0. The maximum atomic E-state index is 13.0. The molecule has 0 amide bonds. The molecule has 4 rings (SSSR count). The number of allylic oxidation sites excluding steroid dienone is 1. The first-order valence-corrected chi connectivity index (χ1v) is 9.99. The predicted octanol–water partition coefficient (Wildman–Crippen LogP) is 1.89. The van der Waals surface area contributed by atoms with Gasteiger partial charge in [-0.05, 0) is 12.3 Å². The van der Waals surface area contributed by atoms with Crippen LogP contribution < -0.4 is 16.0 Å². The third-order valence-electron chi connectivity index (χ3n) is 4.30. The highest BCUT2D eigenvalue weighted by molar-refractivity contribution is 7.19. The number of aryl methyl sites for hydroxylation is 1. The summed E-state index contributed by atoms with van der Waals surface area (Å²) in [5.41, 5.74) is 9.11. The van der Waals surface area contributed by atoms with Gasteiger partial charge in [0.2, 0.25) is 0 Å². The van der Waals surface area contributed by atoms with Crippen LogP contribution in [0.25, 0.3) is 21.3 Å². The van der Waals surface area contributed by atoms with Crippen molar-refractivity contribution >= 4 is 49.6 Å². The van der Waals surface area contributed by atoms with Crippen LogP contribution >= 0.6 is 22.7 Å². The quantitative estimate of drug-likeness (QED) is 0.463. The van der Waals surface area contributed by atoms with E-state index in [1.54, 1.807) is 23.4 Å². The van der Waals surface area contributed by atoms with E-state index in [1.165, 1.54) is 39.6 Å². The van der Waals surface area contributed by atoms with Gasteiger partial charge in [0.25, 0.3) is 5.56 Å². The van der Waals surface area contributed by atoms with E-state index in [0.29, 0.717) is 34.1 Å². The van der Waals surface area contributed by atoms with Gasteiger partial charge in [-0.3, -0.25) is 4.79 Å². The molecule has 0 saturated carbocycles. The number of aromatic nitrogens is 5. The molecule has 4 aromatic heterocycles. The summed E-state index contributed by atoms with van der Waals surface area (Å²) in [6.45, 7) is 0.238. The minimum absolute atomic E-state index is 0.208. The van der Waals surface area contributed by atoms with Crippen molar-refractivity contribution in [2.24, 2.45) is 12.8 Å². The molecule has 0 radical (unpaired) electrons. The first kappa shape index (κ1) is 18.3. The zero-order chi connectivity index (χ0) is 19.8. The highest BCUT2D eigenvalue weighted by Crippen LogP contribution is 2.31. The van der Waals surface area contributed by atoms with Crippen molar-refractivity contribution in [2.45, 2.75) is 13.0 Å². The van der Waals surface area contributed by atoms with Crippen LogP contribution in [-0.4, -0.2) is 37.1 Å². The predicted molar refractivity (Wildman–Crippen MR) is 111 cm³/mol. The lowest BCUT2D eigenvalue weighted by Crippen LogP contribution is -2.24. The highest BCUT2D eigenvalue weighted by atomic mass is 32.1. The van der Waals surface area contributed by atoms with E-state index in [0.717, 1.165) is 15.1 Å². The molecule has 0 aromatic carbocycles. The molecule has 0 spiro atoms.